The molecule has 3 atom stereocenters. The van der Waals surface area contributed by atoms with Crippen molar-refractivity contribution < 1.29 is 9.90 Å². The maximum absolute atomic E-state index is 12.4. The highest BCUT2D eigenvalue weighted by atomic mass is 16.4. The monoisotopic (exact) mass is 317 g/mol. The fraction of sp³-hybridized carbons (Fsp3) is 0.650. The Balaban J connectivity index is 2.45. The number of carboxylic acids is 1. The highest BCUT2D eigenvalue weighted by Gasteiger charge is 2.53. The summed E-state index contributed by atoms with van der Waals surface area (Å²) in [5, 5.41) is 10.2. The van der Waals surface area contributed by atoms with Crippen LogP contribution in [0.25, 0.3) is 0 Å². The van der Waals surface area contributed by atoms with Gasteiger partial charge in [-0.05, 0) is 58.9 Å². The lowest BCUT2D eigenvalue weighted by molar-refractivity contribution is -0.147. The minimum absolute atomic E-state index is 0.146. The van der Waals surface area contributed by atoms with Crippen LogP contribution in [0.4, 0.5) is 0 Å². The van der Waals surface area contributed by atoms with Crippen LogP contribution in [-0.4, -0.2) is 34.1 Å². The van der Waals surface area contributed by atoms with Crippen LogP contribution in [0.15, 0.2) is 30.3 Å². The van der Waals surface area contributed by atoms with Gasteiger partial charge >= 0.3 is 5.97 Å². The molecule has 1 aromatic carbocycles. The summed E-state index contributed by atoms with van der Waals surface area (Å²) in [5.74, 6) is -0.516. The molecule has 0 bridgehead atoms. The normalized spacial score (nSPS) is 26.2. The molecule has 2 rings (SSSR count). The molecule has 0 amide bonds. The van der Waals surface area contributed by atoms with Gasteiger partial charge in [0.2, 0.25) is 0 Å². The van der Waals surface area contributed by atoms with Gasteiger partial charge in [-0.1, -0.05) is 36.8 Å². The van der Waals surface area contributed by atoms with Gasteiger partial charge in [0, 0.05) is 18.1 Å². The van der Waals surface area contributed by atoms with Crippen molar-refractivity contribution in [1.82, 2.24) is 4.90 Å². The van der Waals surface area contributed by atoms with E-state index < -0.39 is 11.4 Å². The number of nitrogens with zero attached hydrogens (tertiary/aromatic N) is 1. The average Bonchev–Trinajstić information content (AvgIpc) is 2.93. The molecular weight excluding hydrogens is 286 g/mol. The molecule has 3 nitrogen and oxygen atoms in total. The van der Waals surface area contributed by atoms with Gasteiger partial charge in [-0.25, -0.2) is 0 Å². The van der Waals surface area contributed by atoms with Gasteiger partial charge in [0.05, 0.1) is 5.41 Å². The van der Waals surface area contributed by atoms with Gasteiger partial charge in [-0.15, -0.1) is 0 Å². The zero-order chi connectivity index (χ0) is 17.2. The van der Waals surface area contributed by atoms with E-state index in [1.54, 1.807) is 0 Å². The molecule has 3 unspecified atom stereocenters. The molecule has 1 N–H and O–H groups in total. The zero-order valence-corrected chi connectivity index (χ0v) is 15.1. The lowest BCUT2D eigenvalue weighted by Crippen LogP contribution is -2.53. The highest BCUT2D eigenvalue weighted by Crippen LogP contribution is 2.49. The van der Waals surface area contributed by atoms with Gasteiger partial charge in [0.25, 0.3) is 0 Å². The molecular formula is C20H31NO2. The number of aliphatic carboxylic acids is 1. The lowest BCUT2D eigenvalue weighted by Gasteiger charge is -2.44. The Hall–Kier alpha value is -1.35. The molecule has 3 heteroatoms. The van der Waals surface area contributed by atoms with E-state index in [1.165, 1.54) is 0 Å². The first kappa shape index (κ1) is 18.0. The number of carboxylic acid groups (broad SMARTS) is 1. The Kier molecular flexibility index (Phi) is 5.51. The van der Waals surface area contributed by atoms with Gasteiger partial charge in [-0.3, -0.25) is 9.69 Å². The zero-order valence-electron chi connectivity index (χ0n) is 15.1. The van der Waals surface area contributed by atoms with E-state index >= 15 is 0 Å². The molecule has 0 aliphatic heterocycles. The Morgan fingerprint density at radius 2 is 1.70 bits per heavy atom. The Bertz CT molecular complexity index is 518. The van der Waals surface area contributed by atoms with Crippen LogP contribution < -0.4 is 0 Å². The predicted molar refractivity (Wildman–Crippen MR) is 94.7 cm³/mol. The number of hydrogen-bond acceptors (Lipinski definition) is 2. The van der Waals surface area contributed by atoms with Crippen LogP contribution >= 0.6 is 0 Å². The fourth-order valence-electron chi connectivity index (χ4n) is 4.91. The van der Waals surface area contributed by atoms with Gasteiger partial charge in [-0.2, -0.15) is 0 Å². The minimum Gasteiger partial charge on any atom is -0.481 e. The summed E-state index contributed by atoms with van der Waals surface area (Å²) in [6.45, 7) is 11.0. The topological polar surface area (TPSA) is 40.5 Å². The molecule has 0 aromatic heterocycles. The smallest absolute Gasteiger partial charge is 0.314 e. The van der Waals surface area contributed by atoms with Crippen molar-refractivity contribution in [3.63, 3.8) is 0 Å². The predicted octanol–water partition coefficient (Wildman–Crippen LogP) is 4.32. The molecule has 0 spiro atoms. The fourth-order valence-corrected chi connectivity index (χ4v) is 4.91. The van der Waals surface area contributed by atoms with Gasteiger partial charge in [0.1, 0.15) is 0 Å². The summed E-state index contributed by atoms with van der Waals surface area (Å²) in [6, 6.07) is 10.9. The third-order valence-corrected chi connectivity index (χ3v) is 5.63. The van der Waals surface area contributed by atoms with E-state index in [9.17, 15) is 9.90 Å². The molecule has 1 aliphatic rings. The molecule has 0 radical (unpaired) electrons. The van der Waals surface area contributed by atoms with Crippen LogP contribution in [0.1, 0.15) is 59.4 Å². The summed E-state index contributed by atoms with van der Waals surface area (Å²) in [7, 11) is 0. The third-order valence-electron chi connectivity index (χ3n) is 5.63. The molecule has 1 fully saturated rings. The van der Waals surface area contributed by atoms with Crippen molar-refractivity contribution in [2.45, 2.75) is 77.4 Å². The quantitative estimate of drug-likeness (QED) is 0.849. The molecule has 0 heterocycles. The number of hydrogen-bond donors (Lipinski definition) is 1. The van der Waals surface area contributed by atoms with Crippen LogP contribution in [0.5, 0.6) is 0 Å². The first-order chi connectivity index (χ1) is 10.8. The molecule has 0 saturated heterocycles. The standard InChI is InChI=1S/C20H31NO2/c1-14(2)21(15(3)4)16(5)18-12-9-13-20(18,19(22)23)17-10-7-6-8-11-17/h6-8,10-11,14-16,18H,9,12-13H2,1-5H3,(H,22,23). The second-order valence-electron chi connectivity index (χ2n) is 7.52. The maximum atomic E-state index is 12.4. The maximum Gasteiger partial charge on any atom is 0.314 e. The van der Waals surface area contributed by atoms with Crippen molar-refractivity contribution in [3.8, 4) is 0 Å². The van der Waals surface area contributed by atoms with E-state index in [4.69, 9.17) is 0 Å². The third kappa shape index (κ3) is 3.16. The molecule has 23 heavy (non-hydrogen) atoms. The van der Waals surface area contributed by atoms with Crippen LogP contribution in [-0.2, 0) is 10.2 Å². The average molecular weight is 317 g/mol. The number of carbonyl (C=O) groups is 1. The van der Waals surface area contributed by atoms with Crippen LogP contribution in [0.3, 0.4) is 0 Å². The number of rotatable bonds is 6. The Labute approximate surface area is 140 Å². The van der Waals surface area contributed by atoms with Crippen molar-refractivity contribution in [2.24, 2.45) is 5.92 Å². The Morgan fingerprint density at radius 3 is 2.17 bits per heavy atom. The van der Waals surface area contributed by atoms with Crippen molar-refractivity contribution >= 4 is 5.97 Å². The first-order valence-corrected chi connectivity index (χ1v) is 8.88. The van der Waals surface area contributed by atoms with Crippen LogP contribution in [0, 0.1) is 5.92 Å². The SMILES string of the molecule is CC(C)N(C(C)C)C(C)C1CCCC1(C(=O)O)c1ccccc1. The molecule has 128 valence electrons. The van der Waals surface area contributed by atoms with Crippen molar-refractivity contribution in [3.05, 3.63) is 35.9 Å². The lowest BCUT2D eigenvalue weighted by atomic mass is 9.69. The minimum atomic E-state index is -0.747. The second-order valence-corrected chi connectivity index (χ2v) is 7.52. The van der Waals surface area contributed by atoms with E-state index in [-0.39, 0.29) is 12.0 Å². The molecule has 1 saturated carbocycles. The van der Waals surface area contributed by atoms with E-state index in [1.807, 2.05) is 30.3 Å². The van der Waals surface area contributed by atoms with Crippen LogP contribution in [0.2, 0.25) is 0 Å². The second kappa shape index (κ2) is 7.04. The van der Waals surface area contributed by atoms with E-state index in [2.05, 4.69) is 39.5 Å². The number of benzene rings is 1. The van der Waals surface area contributed by atoms with Gasteiger partial charge in [0.15, 0.2) is 0 Å². The summed E-state index contributed by atoms with van der Waals surface area (Å²) in [4.78, 5) is 14.9. The molecule has 1 aliphatic carbocycles. The largest absolute Gasteiger partial charge is 0.481 e. The van der Waals surface area contributed by atoms with Gasteiger partial charge < -0.3 is 5.11 Å². The highest BCUT2D eigenvalue weighted by molar-refractivity contribution is 5.82. The Morgan fingerprint density at radius 1 is 1.13 bits per heavy atom. The summed E-state index contributed by atoms with van der Waals surface area (Å²) in [6.07, 6.45) is 2.71. The van der Waals surface area contributed by atoms with Crippen molar-refractivity contribution in [1.29, 1.82) is 0 Å². The summed E-state index contributed by atoms with van der Waals surface area (Å²) < 4.78 is 0. The van der Waals surface area contributed by atoms with E-state index in [0.717, 1.165) is 24.8 Å². The van der Waals surface area contributed by atoms with Crippen molar-refractivity contribution in [2.75, 3.05) is 0 Å². The first-order valence-electron chi connectivity index (χ1n) is 8.88. The summed E-state index contributed by atoms with van der Waals surface area (Å²) >= 11 is 0. The van der Waals surface area contributed by atoms with E-state index in [0.29, 0.717) is 12.1 Å². The molecule has 1 aromatic rings. The summed E-state index contributed by atoms with van der Waals surface area (Å²) in [5.41, 5.74) is 0.220.